The summed E-state index contributed by atoms with van der Waals surface area (Å²) in [6.45, 7) is 0.847. The zero-order chi connectivity index (χ0) is 11.8. The molecule has 0 atom stereocenters. The van der Waals surface area contributed by atoms with E-state index in [0.29, 0.717) is 11.6 Å². The van der Waals surface area contributed by atoms with Crippen molar-refractivity contribution in [3.63, 3.8) is 0 Å². The van der Waals surface area contributed by atoms with Gasteiger partial charge in [-0.15, -0.1) is 0 Å². The molecule has 4 nitrogen and oxygen atoms in total. The molecular formula is C13H15N3O. The van der Waals surface area contributed by atoms with Gasteiger partial charge in [-0.25, -0.2) is 0 Å². The van der Waals surface area contributed by atoms with Crippen molar-refractivity contribution in [2.24, 2.45) is 5.92 Å². The van der Waals surface area contributed by atoms with Crippen LogP contribution in [0.1, 0.15) is 23.3 Å². The fourth-order valence-electron chi connectivity index (χ4n) is 2.08. The monoisotopic (exact) mass is 229 g/mol. The van der Waals surface area contributed by atoms with E-state index in [1.165, 1.54) is 12.8 Å². The summed E-state index contributed by atoms with van der Waals surface area (Å²) in [6.07, 6.45) is 2.50. The summed E-state index contributed by atoms with van der Waals surface area (Å²) >= 11 is 0. The van der Waals surface area contributed by atoms with E-state index in [9.17, 15) is 4.79 Å². The fourth-order valence-corrected chi connectivity index (χ4v) is 2.08. The first-order valence-corrected chi connectivity index (χ1v) is 5.94. The van der Waals surface area contributed by atoms with Gasteiger partial charge in [0.2, 0.25) is 0 Å². The number of amides is 1. The summed E-state index contributed by atoms with van der Waals surface area (Å²) in [5, 5.41) is 7.93. The van der Waals surface area contributed by atoms with Crippen molar-refractivity contribution in [2.75, 3.05) is 13.6 Å². The van der Waals surface area contributed by atoms with E-state index in [1.54, 1.807) is 4.90 Å². The molecule has 1 aliphatic carbocycles. The van der Waals surface area contributed by atoms with Gasteiger partial charge in [0.25, 0.3) is 5.91 Å². The molecule has 0 bridgehead atoms. The lowest BCUT2D eigenvalue weighted by Crippen LogP contribution is -2.29. The highest BCUT2D eigenvalue weighted by atomic mass is 16.2. The number of nitrogens with one attached hydrogen (secondary N) is 1. The summed E-state index contributed by atoms with van der Waals surface area (Å²) in [4.78, 5) is 14.0. The third-order valence-electron chi connectivity index (χ3n) is 3.25. The lowest BCUT2D eigenvalue weighted by molar-refractivity contribution is 0.0785. The lowest BCUT2D eigenvalue weighted by Gasteiger charge is -2.15. The number of H-pyrrole nitrogens is 1. The molecule has 17 heavy (non-hydrogen) atoms. The third-order valence-corrected chi connectivity index (χ3v) is 3.25. The van der Waals surface area contributed by atoms with Gasteiger partial charge < -0.3 is 4.90 Å². The first kappa shape index (κ1) is 10.3. The maximum absolute atomic E-state index is 12.2. The molecular weight excluding hydrogens is 214 g/mol. The molecule has 0 unspecified atom stereocenters. The number of fused-ring (bicyclic) bond motifs is 1. The van der Waals surface area contributed by atoms with E-state index in [0.717, 1.165) is 17.4 Å². The van der Waals surface area contributed by atoms with Crippen molar-refractivity contribution in [2.45, 2.75) is 12.8 Å². The Labute approximate surface area is 99.6 Å². The average molecular weight is 229 g/mol. The van der Waals surface area contributed by atoms with Gasteiger partial charge >= 0.3 is 0 Å². The van der Waals surface area contributed by atoms with Crippen molar-refractivity contribution in [1.82, 2.24) is 15.1 Å². The summed E-state index contributed by atoms with van der Waals surface area (Å²) in [7, 11) is 1.85. The van der Waals surface area contributed by atoms with Gasteiger partial charge in [-0.3, -0.25) is 9.89 Å². The smallest absolute Gasteiger partial charge is 0.274 e. The van der Waals surface area contributed by atoms with Crippen molar-refractivity contribution in [1.29, 1.82) is 0 Å². The normalized spacial score (nSPS) is 15.1. The zero-order valence-electron chi connectivity index (χ0n) is 9.81. The van der Waals surface area contributed by atoms with Crippen LogP contribution in [-0.4, -0.2) is 34.6 Å². The summed E-state index contributed by atoms with van der Waals surface area (Å²) in [5.74, 6) is 0.712. The largest absolute Gasteiger partial charge is 0.340 e. The third kappa shape index (κ3) is 1.90. The molecule has 0 radical (unpaired) electrons. The van der Waals surface area contributed by atoms with Gasteiger partial charge in [-0.05, 0) is 24.8 Å². The predicted molar refractivity (Wildman–Crippen MR) is 65.8 cm³/mol. The highest BCUT2D eigenvalue weighted by Gasteiger charge is 2.26. The maximum atomic E-state index is 12.2. The maximum Gasteiger partial charge on any atom is 0.274 e. The van der Waals surface area contributed by atoms with E-state index in [2.05, 4.69) is 10.2 Å². The molecule has 1 N–H and O–H groups in total. The molecule has 3 rings (SSSR count). The highest BCUT2D eigenvalue weighted by molar-refractivity contribution is 6.04. The highest BCUT2D eigenvalue weighted by Crippen LogP contribution is 2.29. The Kier molecular flexibility index (Phi) is 2.35. The van der Waals surface area contributed by atoms with Crippen LogP contribution in [0.3, 0.4) is 0 Å². The van der Waals surface area contributed by atoms with Crippen LogP contribution in [0.25, 0.3) is 10.9 Å². The number of para-hydroxylation sites is 1. The molecule has 0 spiro atoms. The Balaban J connectivity index is 1.89. The van der Waals surface area contributed by atoms with Crippen LogP contribution in [-0.2, 0) is 0 Å². The molecule has 1 heterocycles. The van der Waals surface area contributed by atoms with Gasteiger partial charge in [0.15, 0.2) is 5.69 Å². The fraction of sp³-hybridized carbons (Fsp3) is 0.385. The molecule has 1 saturated carbocycles. The van der Waals surface area contributed by atoms with Gasteiger partial charge in [0.05, 0.1) is 5.52 Å². The number of nitrogens with zero attached hydrogens (tertiary/aromatic N) is 2. The number of carbonyl (C=O) groups is 1. The van der Waals surface area contributed by atoms with E-state index in [-0.39, 0.29) is 5.91 Å². The van der Waals surface area contributed by atoms with E-state index in [1.807, 2.05) is 31.3 Å². The van der Waals surface area contributed by atoms with E-state index in [4.69, 9.17) is 0 Å². The van der Waals surface area contributed by atoms with Gasteiger partial charge in [0, 0.05) is 19.0 Å². The molecule has 0 saturated heterocycles. The second kappa shape index (κ2) is 3.87. The number of hydrogen-bond acceptors (Lipinski definition) is 2. The van der Waals surface area contributed by atoms with Crippen LogP contribution >= 0.6 is 0 Å². The number of hydrogen-bond donors (Lipinski definition) is 1. The van der Waals surface area contributed by atoms with Crippen LogP contribution in [0, 0.1) is 5.92 Å². The van der Waals surface area contributed by atoms with E-state index < -0.39 is 0 Å². The van der Waals surface area contributed by atoms with Crippen molar-refractivity contribution >= 4 is 16.8 Å². The average Bonchev–Trinajstić information content (AvgIpc) is 3.05. The number of benzene rings is 1. The predicted octanol–water partition coefficient (Wildman–Crippen LogP) is 2.04. The summed E-state index contributed by atoms with van der Waals surface area (Å²) in [5.41, 5.74) is 1.44. The Bertz CT molecular complexity index is 557. The number of rotatable bonds is 3. The number of carbonyl (C=O) groups excluding carboxylic acids is 1. The van der Waals surface area contributed by atoms with Crippen LogP contribution in [0.4, 0.5) is 0 Å². The first-order chi connectivity index (χ1) is 8.25. The Morgan fingerprint density at radius 1 is 1.47 bits per heavy atom. The van der Waals surface area contributed by atoms with Crippen molar-refractivity contribution in [3.8, 4) is 0 Å². The summed E-state index contributed by atoms with van der Waals surface area (Å²) in [6, 6.07) is 7.72. The first-order valence-electron chi connectivity index (χ1n) is 5.94. The minimum Gasteiger partial charge on any atom is -0.340 e. The van der Waals surface area contributed by atoms with Gasteiger partial charge in [0.1, 0.15) is 0 Å². The Hall–Kier alpha value is -1.84. The van der Waals surface area contributed by atoms with Gasteiger partial charge in [-0.2, -0.15) is 5.10 Å². The molecule has 4 heteroatoms. The molecule has 88 valence electrons. The van der Waals surface area contributed by atoms with E-state index >= 15 is 0 Å². The Morgan fingerprint density at radius 3 is 3.00 bits per heavy atom. The lowest BCUT2D eigenvalue weighted by atomic mass is 10.2. The van der Waals surface area contributed by atoms with Crippen LogP contribution in [0.5, 0.6) is 0 Å². The van der Waals surface area contributed by atoms with Gasteiger partial charge in [-0.1, -0.05) is 18.2 Å². The molecule has 1 aromatic carbocycles. The van der Waals surface area contributed by atoms with Crippen LogP contribution < -0.4 is 0 Å². The molecule has 1 aromatic heterocycles. The minimum absolute atomic E-state index is 0.00866. The van der Waals surface area contributed by atoms with Crippen LogP contribution in [0.15, 0.2) is 24.3 Å². The molecule has 2 aromatic rings. The second-order valence-electron chi connectivity index (χ2n) is 4.75. The number of aromatic nitrogens is 2. The number of aromatic amines is 1. The standard InChI is InChI=1S/C13H15N3O/c1-16(8-9-6-7-9)13(17)12-10-4-2-3-5-11(10)14-15-12/h2-5,9H,6-8H2,1H3,(H,14,15). The molecule has 1 amide bonds. The van der Waals surface area contributed by atoms with Crippen molar-refractivity contribution in [3.05, 3.63) is 30.0 Å². The summed E-state index contributed by atoms with van der Waals surface area (Å²) < 4.78 is 0. The quantitative estimate of drug-likeness (QED) is 0.875. The zero-order valence-corrected chi connectivity index (χ0v) is 9.81. The second-order valence-corrected chi connectivity index (χ2v) is 4.75. The van der Waals surface area contributed by atoms with Crippen molar-refractivity contribution < 1.29 is 4.79 Å². The Morgan fingerprint density at radius 2 is 2.24 bits per heavy atom. The minimum atomic E-state index is 0.00866. The molecule has 1 fully saturated rings. The topological polar surface area (TPSA) is 49.0 Å². The SMILES string of the molecule is CN(CC1CC1)C(=O)c1n[nH]c2ccccc12. The van der Waals surface area contributed by atoms with Crippen LogP contribution in [0.2, 0.25) is 0 Å². The molecule has 1 aliphatic rings. The molecule has 0 aliphatic heterocycles.